The number of nitriles is 1. The molecule has 142 valence electrons. The van der Waals surface area contributed by atoms with Crippen molar-refractivity contribution in [1.82, 2.24) is 4.98 Å². The highest BCUT2D eigenvalue weighted by atomic mass is 32.1. The lowest BCUT2D eigenvalue weighted by atomic mass is 10.2. The average molecular weight is 393 g/mol. The number of aromatic nitrogens is 1. The van der Waals surface area contributed by atoms with Gasteiger partial charge >= 0.3 is 0 Å². The Hall–Kier alpha value is -3.17. The van der Waals surface area contributed by atoms with Gasteiger partial charge in [-0.15, -0.1) is 11.3 Å². The molecule has 0 saturated heterocycles. The van der Waals surface area contributed by atoms with Gasteiger partial charge in [0.1, 0.15) is 28.2 Å². The summed E-state index contributed by atoms with van der Waals surface area (Å²) in [7, 11) is 0. The molecule has 1 aromatic heterocycles. The molecular formula is C22H20FN3OS. The van der Waals surface area contributed by atoms with Gasteiger partial charge in [0.05, 0.1) is 12.3 Å². The van der Waals surface area contributed by atoms with E-state index in [1.54, 1.807) is 18.3 Å². The number of thiazole rings is 1. The van der Waals surface area contributed by atoms with Crippen molar-refractivity contribution in [3.8, 4) is 23.1 Å². The molecular weight excluding hydrogens is 373 g/mol. The van der Waals surface area contributed by atoms with Crippen molar-refractivity contribution in [1.29, 1.82) is 5.26 Å². The van der Waals surface area contributed by atoms with E-state index in [-0.39, 0.29) is 5.82 Å². The fourth-order valence-electron chi connectivity index (χ4n) is 2.43. The third-order valence-electron chi connectivity index (χ3n) is 4.00. The summed E-state index contributed by atoms with van der Waals surface area (Å²) >= 11 is 1.37. The number of nitrogens with one attached hydrogen (secondary N) is 1. The summed E-state index contributed by atoms with van der Waals surface area (Å²) in [5.74, 6) is 0.537. The summed E-state index contributed by atoms with van der Waals surface area (Å²) in [6.45, 7) is 2.84. The van der Waals surface area contributed by atoms with Gasteiger partial charge in [-0.1, -0.05) is 13.3 Å². The van der Waals surface area contributed by atoms with Gasteiger partial charge < -0.3 is 10.1 Å². The first-order valence-corrected chi connectivity index (χ1v) is 9.89. The number of nitrogens with zero attached hydrogens (tertiary/aromatic N) is 2. The third kappa shape index (κ3) is 5.18. The largest absolute Gasteiger partial charge is 0.494 e. The van der Waals surface area contributed by atoms with Crippen LogP contribution in [0.2, 0.25) is 0 Å². The maximum Gasteiger partial charge on any atom is 0.136 e. The summed E-state index contributed by atoms with van der Waals surface area (Å²) in [5, 5.41) is 15.1. The molecule has 1 N–H and O–H groups in total. The van der Waals surface area contributed by atoms with Crippen molar-refractivity contribution in [3.63, 3.8) is 0 Å². The van der Waals surface area contributed by atoms with Gasteiger partial charge in [0.25, 0.3) is 0 Å². The molecule has 3 aromatic rings. The second-order valence-electron chi connectivity index (χ2n) is 6.09. The summed E-state index contributed by atoms with van der Waals surface area (Å²) < 4.78 is 18.7. The van der Waals surface area contributed by atoms with Crippen LogP contribution in [0.3, 0.4) is 0 Å². The van der Waals surface area contributed by atoms with Crippen molar-refractivity contribution < 1.29 is 9.13 Å². The molecule has 0 atom stereocenters. The molecule has 1 heterocycles. The van der Waals surface area contributed by atoms with Crippen molar-refractivity contribution in [3.05, 3.63) is 70.9 Å². The fraction of sp³-hybridized carbons (Fsp3) is 0.182. The number of hydrogen-bond donors (Lipinski definition) is 1. The van der Waals surface area contributed by atoms with Crippen molar-refractivity contribution in [2.45, 2.75) is 19.8 Å². The lowest BCUT2D eigenvalue weighted by Gasteiger charge is -2.06. The summed E-state index contributed by atoms with van der Waals surface area (Å²) in [4.78, 5) is 4.49. The van der Waals surface area contributed by atoms with Crippen LogP contribution in [0.25, 0.3) is 16.8 Å². The van der Waals surface area contributed by atoms with Gasteiger partial charge in [-0.05, 0) is 55.0 Å². The molecule has 6 heteroatoms. The predicted octanol–water partition coefficient (Wildman–Crippen LogP) is 6.10. The minimum absolute atomic E-state index is 0.289. The normalized spacial score (nSPS) is 11.1. The minimum atomic E-state index is -0.289. The Morgan fingerprint density at radius 1 is 1.21 bits per heavy atom. The van der Waals surface area contributed by atoms with E-state index in [9.17, 15) is 9.65 Å². The monoisotopic (exact) mass is 393 g/mol. The van der Waals surface area contributed by atoms with Crippen LogP contribution in [0, 0.1) is 17.1 Å². The Balaban J connectivity index is 1.67. The molecule has 4 nitrogen and oxygen atoms in total. The average Bonchev–Trinajstić information content (AvgIpc) is 3.20. The lowest BCUT2D eigenvalue weighted by molar-refractivity contribution is 0.309. The maximum atomic E-state index is 13.1. The molecule has 0 aliphatic rings. The molecule has 28 heavy (non-hydrogen) atoms. The summed E-state index contributed by atoms with van der Waals surface area (Å²) in [6.07, 6.45) is 3.77. The summed E-state index contributed by atoms with van der Waals surface area (Å²) in [5.41, 5.74) is 2.81. The number of allylic oxidation sites excluding steroid dienone is 1. The van der Waals surface area contributed by atoms with Gasteiger partial charge in [0.15, 0.2) is 0 Å². The van der Waals surface area contributed by atoms with E-state index in [4.69, 9.17) is 4.74 Å². The van der Waals surface area contributed by atoms with Crippen LogP contribution in [-0.4, -0.2) is 11.6 Å². The number of hydrogen-bond acceptors (Lipinski definition) is 5. The second-order valence-corrected chi connectivity index (χ2v) is 6.94. The molecule has 0 amide bonds. The number of rotatable bonds is 8. The van der Waals surface area contributed by atoms with E-state index in [0.29, 0.717) is 17.2 Å². The number of benzene rings is 2. The van der Waals surface area contributed by atoms with E-state index >= 15 is 0 Å². The first-order valence-electron chi connectivity index (χ1n) is 9.01. The number of anilines is 1. The van der Waals surface area contributed by atoms with Gasteiger partial charge in [-0.2, -0.15) is 5.26 Å². The Morgan fingerprint density at radius 2 is 1.96 bits per heavy atom. The van der Waals surface area contributed by atoms with Crippen molar-refractivity contribution >= 4 is 22.6 Å². The van der Waals surface area contributed by atoms with E-state index in [1.807, 2.05) is 29.6 Å². The number of ether oxygens (including phenoxy) is 1. The van der Waals surface area contributed by atoms with E-state index in [1.165, 1.54) is 23.5 Å². The van der Waals surface area contributed by atoms with E-state index < -0.39 is 0 Å². The Bertz CT molecular complexity index is 972. The Labute approximate surface area is 167 Å². The quantitative estimate of drug-likeness (QED) is 0.371. The predicted molar refractivity (Wildman–Crippen MR) is 112 cm³/mol. The first-order chi connectivity index (χ1) is 13.7. The van der Waals surface area contributed by atoms with Crippen LogP contribution in [-0.2, 0) is 0 Å². The molecule has 0 unspecified atom stereocenters. The highest BCUT2D eigenvalue weighted by molar-refractivity contribution is 7.11. The third-order valence-corrected chi connectivity index (χ3v) is 4.87. The Kier molecular flexibility index (Phi) is 6.77. The van der Waals surface area contributed by atoms with Crippen molar-refractivity contribution in [2.24, 2.45) is 0 Å². The molecule has 0 bridgehead atoms. The fourth-order valence-corrected chi connectivity index (χ4v) is 3.22. The van der Waals surface area contributed by atoms with Gasteiger partial charge in [-0.3, -0.25) is 0 Å². The highest BCUT2D eigenvalue weighted by Gasteiger charge is 2.09. The molecule has 3 rings (SSSR count). The van der Waals surface area contributed by atoms with Crippen LogP contribution in [0.5, 0.6) is 5.75 Å². The second kappa shape index (κ2) is 9.67. The molecule has 0 fully saturated rings. The molecule has 0 aliphatic carbocycles. The van der Waals surface area contributed by atoms with Gasteiger partial charge in [0, 0.05) is 22.8 Å². The zero-order valence-corrected chi connectivity index (χ0v) is 16.3. The molecule has 0 spiro atoms. The zero-order chi connectivity index (χ0) is 19.8. The highest BCUT2D eigenvalue weighted by Crippen LogP contribution is 2.26. The SMILES string of the molecule is CCCCOc1ccc(N/C=C(\C#N)c2nc(-c3ccc(F)cc3)cs2)cc1. The molecule has 2 aromatic carbocycles. The number of unbranched alkanes of at least 4 members (excludes halogenated alkanes) is 1. The van der Waals surface area contributed by atoms with Crippen LogP contribution < -0.4 is 10.1 Å². The first kappa shape index (κ1) is 19.6. The van der Waals surface area contributed by atoms with Crippen LogP contribution in [0.15, 0.2) is 60.1 Å². The van der Waals surface area contributed by atoms with Gasteiger partial charge in [-0.25, -0.2) is 9.37 Å². The smallest absolute Gasteiger partial charge is 0.136 e. The minimum Gasteiger partial charge on any atom is -0.494 e. The zero-order valence-electron chi connectivity index (χ0n) is 15.5. The summed E-state index contributed by atoms with van der Waals surface area (Å²) in [6, 6.07) is 15.9. The van der Waals surface area contributed by atoms with Crippen LogP contribution >= 0.6 is 11.3 Å². The molecule has 0 saturated carbocycles. The Morgan fingerprint density at radius 3 is 2.64 bits per heavy atom. The topological polar surface area (TPSA) is 57.9 Å². The van der Waals surface area contributed by atoms with Crippen LogP contribution in [0.4, 0.5) is 10.1 Å². The standard InChI is InChI=1S/C22H20FN3OS/c1-2-3-12-27-20-10-8-19(9-11-20)25-14-17(13-24)22-26-21(15-28-22)16-4-6-18(23)7-5-16/h4-11,14-15,25H,2-3,12H2,1H3/b17-14+. The van der Waals surface area contributed by atoms with Crippen molar-refractivity contribution in [2.75, 3.05) is 11.9 Å². The maximum absolute atomic E-state index is 13.1. The lowest BCUT2D eigenvalue weighted by Crippen LogP contribution is -1.96. The van der Waals surface area contributed by atoms with E-state index in [0.717, 1.165) is 35.5 Å². The molecule has 0 radical (unpaired) electrons. The number of halogens is 1. The van der Waals surface area contributed by atoms with E-state index in [2.05, 4.69) is 23.3 Å². The van der Waals surface area contributed by atoms with Gasteiger partial charge in [0.2, 0.25) is 0 Å². The van der Waals surface area contributed by atoms with Crippen LogP contribution in [0.1, 0.15) is 24.8 Å². The molecule has 0 aliphatic heterocycles.